The number of nitrogens with zero attached hydrogens (tertiary/aromatic N) is 3. The van der Waals surface area contributed by atoms with E-state index < -0.39 is 0 Å². The van der Waals surface area contributed by atoms with Crippen LogP contribution in [0.3, 0.4) is 0 Å². The molecular formula is C17H18N4O2. The molecule has 1 N–H and O–H groups in total. The highest BCUT2D eigenvalue weighted by Crippen LogP contribution is 2.11. The summed E-state index contributed by atoms with van der Waals surface area (Å²) in [5.41, 5.74) is 2.82. The Kier molecular flexibility index (Phi) is 4.23. The number of carbonyl (C=O) groups is 1. The number of nitrogens with one attached hydrogen (secondary N) is 1. The highest BCUT2D eigenvalue weighted by atomic mass is 16.4. The summed E-state index contributed by atoms with van der Waals surface area (Å²) in [6.45, 7) is 4.81. The molecule has 1 amide bonds. The van der Waals surface area contributed by atoms with Gasteiger partial charge in [-0.3, -0.25) is 14.5 Å². The van der Waals surface area contributed by atoms with Crippen molar-refractivity contribution in [1.82, 2.24) is 20.1 Å². The molecule has 0 saturated carbocycles. The van der Waals surface area contributed by atoms with Gasteiger partial charge in [0.1, 0.15) is 5.76 Å². The molecule has 3 aromatic heterocycles. The monoisotopic (exact) mass is 310 g/mol. The van der Waals surface area contributed by atoms with Crippen LogP contribution in [0.2, 0.25) is 0 Å². The third kappa shape index (κ3) is 3.66. The highest BCUT2D eigenvalue weighted by molar-refractivity contribution is 5.91. The number of aryl methyl sites for hydroxylation is 2. The van der Waals surface area contributed by atoms with Gasteiger partial charge in [-0.2, -0.15) is 5.10 Å². The van der Waals surface area contributed by atoms with Crippen LogP contribution in [-0.4, -0.2) is 20.7 Å². The van der Waals surface area contributed by atoms with E-state index in [0.717, 1.165) is 17.1 Å². The molecule has 0 bridgehead atoms. The van der Waals surface area contributed by atoms with E-state index in [1.54, 1.807) is 18.3 Å². The Morgan fingerprint density at radius 3 is 2.83 bits per heavy atom. The van der Waals surface area contributed by atoms with E-state index in [9.17, 15) is 4.79 Å². The maximum Gasteiger partial charge on any atom is 0.287 e. The van der Waals surface area contributed by atoms with Crippen molar-refractivity contribution >= 4 is 5.91 Å². The summed E-state index contributed by atoms with van der Waals surface area (Å²) in [4.78, 5) is 16.3. The topological polar surface area (TPSA) is 73.0 Å². The van der Waals surface area contributed by atoms with Crippen LogP contribution in [0, 0.1) is 13.8 Å². The number of pyridine rings is 1. The van der Waals surface area contributed by atoms with E-state index in [1.165, 1.54) is 0 Å². The molecule has 0 fully saturated rings. The average Bonchev–Trinajstić information content (AvgIpc) is 3.13. The van der Waals surface area contributed by atoms with Crippen LogP contribution in [0.4, 0.5) is 0 Å². The number of amides is 1. The normalized spacial score (nSPS) is 10.7. The van der Waals surface area contributed by atoms with Gasteiger partial charge in [0.05, 0.1) is 24.5 Å². The lowest BCUT2D eigenvalue weighted by Crippen LogP contribution is -2.22. The molecule has 0 atom stereocenters. The Morgan fingerprint density at radius 1 is 1.26 bits per heavy atom. The van der Waals surface area contributed by atoms with Gasteiger partial charge in [0, 0.05) is 11.9 Å². The first-order valence-electron chi connectivity index (χ1n) is 7.39. The van der Waals surface area contributed by atoms with E-state index in [-0.39, 0.29) is 11.7 Å². The van der Waals surface area contributed by atoms with Gasteiger partial charge in [-0.05, 0) is 44.2 Å². The number of carbonyl (C=O) groups excluding carboxylic acids is 1. The molecule has 0 aromatic carbocycles. The molecule has 3 aromatic rings. The van der Waals surface area contributed by atoms with Gasteiger partial charge >= 0.3 is 0 Å². The molecule has 118 valence electrons. The van der Waals surface area contributed by atoms with Gasteiger partial charge in [-0.15, -0.1) is 0 Å². The van der Waals surface area contributed by atoms with Crippen molar-refractivity contribution in [2.75, 3.05) is 0 Å². The largest absolute Gasteiger partial charge is 0.454 e. The second kappa shape index (κ2) is 6.48. The Balaban J connectivity index is 1.62. The number of hydrogen-bond acceptors (Lipinski definition) is 4. The second-order valence-electron chi connectivity index (χ2n) is 5.35. The summed E-state index contributed by atoms with van der Waals surface area (Å²) >= 11 is 0. The summed E-state index contributed by atoms with van der Waals surface area (Å²) in [5, 5.41) is 7.17. The Morgan fingerprint density at radius 2 is 2.13 bits per heavy atom. The van der Waals surface area contributed by atoms with E-state index in [2.05, 4.69) is 15.4 Å². The smallest absolute Gasteiger partial charge is 0.287 e. The molecule has 0 aliphatic rings. The zero-order valence-electron chi connectivity index (χ0n) is 13.1. The van der Waals surface area contributed by atoms with E-state index in [0.29, 0.717) is 18.8 Å². The van der Waals surface area contributed by atoms with E-state index >= 15 is 0 Å². The first kappa shape index (κ1) is 15.0. The molecule has 0 aliphatic carbocycles. The van der Waals surface area contributed by atoms with Gasteiger partial charge in [0.25, 0.3) is 5.91 Å². The minimum absolute atomic E-state index is 0.254. The van der Waals surface area contributed by atoms with Crippen molar-refractivity contribution in [2.24, 2.45) is 0 Å². The van der Waals surface area contributed by atoms with Gasteiger partial charge in [-0.25, -0.2) is 0 Å². The van der Waals surface area contributed by atoms with Crippen LogP contribution < -0.4 is 5.32 Å². The molecule has 6 heteroatoms. The molecule has 3 heterocycles. The number of aromatic nitrogens is 3. The lowest BCUT2D eigenvalue weighted by Gasteiger charge is -2.03. The van der Waals surface area contributed by atoms with Crippen LogP contribution in [0.5, 0.6) is 0 Å². The molecule has 3 rings (SSSR count). The van der Waals surface area contributed by atoms with Gasteiger partial charge in [-0.1, -0.05) is 6.07 Å². The third-order valence-corrected chi connectivity index (χ3v) is 3.45. The Labute approximate surface area is 134 Å². The fourth-order valence-electron chi connectivity index (χ4n) is 2.33. The van der Waals surface area contributed by atoms with Crippen molar-refractivity contribution in [1.29, 1.82) is 0 Å². The fourth-order valence-corrected chi connectivity index (χ4v) is 2.33. The van der Waals surface area contributed by atoms with Crippen LogP contribution >= 0.6 is 0 Å². The van der Waals surface area contributed by atoms with Crippen LogP contribution in [0.15, 0.2) is 47.0 Å². The number of hydrogen-bond donors (Lipinski definition) is 1. The minimum Gasteiger partial charge on any atom is -0.454 e. The SMILES string of the molecule is Cc1cc(C)n(Cc2ccc(C(=O)NCc3ccccn3)o2)n1. The molecule has 0 saturated heterocycles. The maximum absolute atomic E-state index is 12.1. The Hall–Kier alpha value is -2.89. The van der Waals surface area contributed by atoms with Crippen molar-refractivity contribution in [3.63, 3.8) is 0 Å². The number of rotatable bonds is 5. The molecule has 0 aliphatic heterocycles. The summed E-state index contributed by atoms with van der Waals surface area (Å²) in [6, 6.07) is 11.1. The Bertz CT molecular complexity index is 805. The predicted octanol–water partition coefficient (Wildman–Crippen LogP) is 2.47. The van der Waals surface area contributed by atoms with Crippen LogP contribution in [-0.2, 0) is 13.1 Å². The van der Waals surface area contributed by atoms with Gasteiger partial charge in [0.2, 0.25) is 0 Å². The first-order chi connectivity index (χ1) is 11.1. The summed E-state index contributed by atoms with van der Waals surface area (Å²) in [7, 11) is 0. The summed E-state index contributed by atoms with van der Waals surface area (Å²) < 4.78 is 7.46. The molecule has 6 nitrogen and oxygen atoms in total. The van der Waals surface area contributed by atoms with Crippen molar-refractivity contribution < 1.29 is 9.21 Å². The molecule has 0 spiro atoms. The van der Waals surface area contributed by atoms with Crippen LogP contribution in [0.25, 0.3) is 0 Å². The molecular weight excluding hydrogens is 292 g/mol. The average molecular weight is 310 g/mol. The molecule has 23 heavy (non-hydrogen) atoms. The van der Waals surface area contributed by atoms with Gasteiger partial charge < -0.3 is 9.73 Å². The molecule has 0 radical (unpaired) electrons. The van der Waals surface area contributed by atoms with E-state index in [1.807, 2.05) is 42.8 Å². The minimum atomic E-state index is -0.254. The quantitative estimate of drug-likeness (QED) is 0.785. The van der Waals surface area contributed by atoms with Crippen molar-refractivity contribution in [3.8, 4) is 0 Å². The zero-order valence-corrected chi connectivity index (χ0v) is 13.1. The second-order valence-corrected chi connectivity index (χ2v) is 5.35. The van der Waals surface area contributed by atoms with Gasteiger partial charge in [0.15, 0.2) is 5.76 Å². The van der Waals surface area contributed by atoms with Crippen molar-refractivity contribution in [3.05, 3.63) is 71.2 Å². The lowest BCUT2D eigenvalue weighted by molar-refractivity contribution is 0.0920. The fraction of sp³-hybridized carbons (Fsp3) is 0.235. The number of furan rings is 1. The summed E-state index contributed by atoms with van der Waals surface area (Å²) in [5.74, 6) is 0.729. The third-order valence-electron chi connectivity index (χ3n) is 3.45. The summed E-state index contributed by atoms with van der Waals surface area (Å²) in [6.07, 6.45) is 1.70. The lowest BCUT2D eigenvalue weighted by atomic mass is 10.3. The molecule has 0 unspecified atom stereocenters. The maximum atomic E-state index is 12.1. The highest BCUT2D eigenvalue weighted by Gasteiger charge is 2.12. The van der Waals surface area contributed by atoms with Crippen LogP contribution in [0.1, 0.15) is 33.4 Å². The standard InChI is InChI=1S/C17H18N4O2/c1-12-9-13(2)21(20-12)11-15-6-7-16(23-15)17(22)19-10-14-5-3-4-8-18-14/h3-9H,10-11H2,1-2H3,(H,19,22). The first-order valence-corrected chi connectivity index (χ1v) is 7.39. The van der Waals surface area contributed by atoms with Crippen molar-refractivity contribution in [2.45, 2.75) is 26.9 Å². The van der Waals surface area contributed by atoms with E-state index in [4.69, 9.17) is 4.42 Å². The predicted molar refractivity (Wildman–Crippen MR) is 84.9 cm³/mol. The zero-order chi connectivity index (χ0) is 16.2.